The normalized spacial score (nSPS) is 21.7. The lowest BCUT2D eigenvalue weighted by Crippen LogP contribution is -2.15. The number of aliphatic imine (C=N–C) groups is 1. The quantitative estimate of drug-likeness (QED) is 0.399. The summed E-state index contributed by atoms with van der Waals surface area (Å²) in [5.41, 5.74) is 4.56. The average molecular weight is 515 g/mol. The van der Waals surface area contributed by atoms with E-state index in [-0.39, 0.29) is 0 Å². The van der Waals surface area contributed by atoms with E-state index in [2.05, 4.69) is 51.1 Å². The molecule has 27 heavy (non-hydrogen) atoms. The summed E-state index contributed by atoms with van der Waals surface area (Å²) in [7, 11) is -0.841. The first-order valence-electron chi connectivity index (χ1n) is 9.61. The Morgan fingerprint density at radius 2 is 2.15 bits per heavy atom. The Kier molecular flexibility index (Phi) is 6.49. The fourth-order valence-corrected chi connectivity index (χ4v) is 6.42. The van der Waals surface area contributed by atoms with Gasteiger partial charge in [0, 0.05) is 44.4 Å². The lowest BCUT2D eigenvalue weighted by atomic mass is 10.1. The standard InChI is InChI=1S/C20H26IN3OS2/c1-27(25)12-13-8-14-10-18(20-23-16(6-7-21)11-26-20)24-19(14)17(9-13)22-15-4-2-3-5-15/h8-10,15-16,22,24H,2-7,11-12H2,1H3/t16-,27?/m1/s1. The Hall–Kier alpha value is -0.540. The van der Waals surface area contributed by atoms with E-state index in [1.54, 1.807) is 6.26 Å². The van der Waals surface area contributed by atoms with Crippen LogP contribution in [0.1, 0.15) is 43.4 Å². The zero-order chi connectivity index (χ0) is 18.8. The number of aromatic amines is 1. The van der Waals surface area contributed by atoms with Gasteiger partial charge in [-0.15, -0.1) is 11.8 Å². The van der Waals surface area contributed by atoms with Crippen LogP contribution in [0.4, 0.5) is 5.69 Å². The molecule has 4 nitrogen and oxygen atoms in total. The molecule has 2 aromatic rings. The third-order valence-corrected chi connectivity index (χ3v) is 7.77. The maximum atomic E-state index is 11.8. The second kappa shape index (κ2) is 8.86. The second-order valence-electron chi connectivity index (χ2n) is 7.51. The van der Waals surface area contributed by atoms with Crippen LogP contribution in [0.15, 0.2) is 23.2 Å². The Morgan fingerprint density at radius 3 is 2.89 bits per heavy atom. The summed E-state index contributed by atoms with van der Waals surface area (Å²) in [5.74, 6) is 1.68. The van der Waals surface area contributed by atoms with Crippen molar-refractivity contribution in [1.82, 2.24) is 4.98 Å². The van der Waals surface area contributed by atoms with Crippen LogP contribution in [0.3, 0.4) is 0 Å². The number of H-pyrrole nitrogens is 1. The SMILES string of the molecule is CS(=O)Cc1cc(NC2CCCC2)c2[nH]c(C3=N[C@H](CCI)CS3)cc2c1. The molecule has 2 N–H and O–H groups in total. The molecule has 0 amide bonds. The van der Waals surface area contributed by atoms with E-state index >= 15 is 0 Å². The molecule has 0 spiro atoms. The first-order chi connectivity index (χ1) is 13.1. The van der Waals surface area contributed by atoms with Crippen molar-refractivity contribution in [3.8, 4) is 0 Å². The Balaban J connectivity index is 1.69. The van der Waals surface area contributed by atoms with Gasteiger partial charge in [0.25, 0.3) is 0 Å². The molecule has 1 aromatic heterocycles. The van der Waals surface area contributed by atoms with Gasteiger partial charge in [0.05, 0.1) is 22.9 Å². The molecule has 1 aliphatic carbocycles. The predicted octanol–water partition coefficient (Wildman–Crippen LogP) is 5.09. The van der Waals surface area contributed by atoms with E-state index in [4.69, 9.17) is 4.99 Å². The van der Waals surface area contributed by atoms with Crippen LogP contribution in [0.5, 0.6) is 0 Å². The van der Waals surface area contributed by atoms with Gasteiger partial charge in [-0.05, 0) is 43.0 Å². The van der Waals surface area contributed by atoms with Gasteiger partial charge in [-0.2, -0.15) is 0 Å². The summed E-state index contributed by atoms with van der Waals surface area (Å²) >= 11 is 4.29. The van der Waals surface area contributed by atoms with E-state index in [9.17, 15) is 4.21 Å². The van der Waals surface area contributed by atoms with Crippen molar-refractivity contribution >= 4 is 66.8 Å². The molecule has 1 saturated carbocycles. The van der Waals surface area contributed by atoms with Crippen molar-refractivity contribution in [3.05, 3.63) is 29.5 Å². The summed E-state index contributed by atoms with van der Waals surface area (Å²) < 4.78 is 12.9. The van der Waals surface area contributed by atoms with Crippen molar-refractivity contribution in [2.75, 3.05) is 21.8 Å². The zero-order valence-corrected chi connectivity index (χ0v) is 19.4. The second-order valence-corrected chi connectivity index (χ2v) is 11.0. The molecular formula is C20H26IN3OS2. The number of thioether (sulfide) groups is 1. The van der Waals surface area contributed by atoms with Gasteiger partial charge in [-0.1, -0.05) is 35.4 Å². The monoisotopic (exact) mass is 515 g/mol. The molecule has 2 heterocycles. The first-order valence-corrected chi connectivity index (χ1v) is 13.9. The minimum atomic E-state index is -0.841. The minimum Gasteiger partial charge on any atom is -0.381 e. The van der Waals surface area contributed by atoms with Gasteiger partial charge in [0.1, 0.15) is 5.04 Å². The van der Waals surface area contributed by atoms with Crippen LogP contribution >= 0.6 is 34.4 Å². The maximum Gasteiger partial charge on any atom is 0.114 e. The summed E-state index contributed by atoms with van der Waals surface area (Å²) in [4.78, 5) is 8.55. The molecule has 2 aliphatic rings. The molecule has 1 fully saturated rings. The molecule has 7 heteroatoms. The highest BCUT2D eigenvalue weighted by molar-refractivity contribution is 14.1. The topological polar surface area (TPSA) is 57.2 Å². The summed E-state index contributed by atoms with van der Waals surface area (Å²) in [5, 5.41) is 6.07. The van der Waals surface area contributed by atoms with E-state index < -0.39 is 10.8 Å². The minimum absolute atomic E-state index is 0.447. The number of fused-ring (bicyclic) bond motifs is 1. The highest BCUT2D eigenvalue weighted by Crippen LogP contribution is 2.33. The van der Waals surface area contributed by atoms with Gasteiger partial charge in [-0.25, -0.2) is 0 Å². The molecule has 1 unspecified atom stereocenters. The molecule has 4 rings (SSSR count). The molecule has 2 atom stereocenters. The van der Waals surface area contributed by atoms with Crippen molar-refractivity contribution in [2.45, 2.75) is 49.9 Å². The lowest BCUT2D eigenvalue weighted by Gasteiger charge is -2.15. The highest BCUT2D eigenvalue weighted by Gasteiger charge is 2.22. The molecule has 0 bridgehead atoms. The zero-order valence-electron chi connectivity index (χ0n) is 15.6. The largest absolute Gasteiger partial charge is 0.381 e. The van der Waals surface area contributed by atoms with Crippen molar-refractivity contribution in [3.63, 3.8) is 0 Å². The van der Waals surface area contributed by atoms with Gasteiger partial charge in [0.2, 0.25) is 0 Å². The summed E-state index contributed by atoms with van der Waals surface area (Å²) in [6.45, 7) is 0. The van der Waals surface area contributed by atoms with Crippen LogP contribution in [0, 0.1) is 0 Å². The van der Waals surface area contributed by atoms with Gasteiger partial charge in [0.15, 0.2) is 0 Å². The first kappa shape index (κ1) is 19.8. The van der Waals surface area contributed by atoms with Gasteiger partial charge >= 0.3 is 0 Å². The van der Waals surface area contributed by atoms with Gasteiger partial charge < -0.3 is 10.3 Å². The van der Waals surface area contributed by atoms with Crippen molar-refractivity contribution in [1.29, 1.82) is 0 Å². The maximum absolute atomic E-state index is 11.8. The lowest BCUT2D eigenvalue weighted by molar-refractivity contribution is 0.686. The number of nitrogens with zero attached hydrogens (tertiary/aromatic N) is 1. The van der Waals surface area contributed by atoms with E-state index in [1.165, 1.54) is 31.1 Å². The summed E-state index contributed by atoms with van der Waals surface area (Å²) in [6.07, 6.45) is 8.01. The third kappa shape index (κ3) is 4.72. The molecule has 146 valence electrons. The Labute approximate surface area is 181 Å². The van der Waals surface area contributed by atoms with Crippen LogP contribution in [-0.2, 0) is 16.6 Å². The number of aromatic nitrogens is 1. The highest BCUT2D eigenvalue weighted by atomic mass is 127. The van der Waals surface area contributed by atoms with Crippen LogP contribution < -0.4 is 5.32 Å². The van der Waals surface area contributed by atoms with Crippen molar-refractivity contribution in [2.24, 2.45) is 4.99 Å². The molecule has 1 aromatic carbocycles. The third-order valence-electron chi connectivity index (χ3n) is 5.26. The van der Waals surface area contributed by atoms with Crippen LogP contribution in [0.25, 0.3) is 10.9 Å². The number of hydrogen-bond acceptors (Lipinski definition) is 4. The molecule has 0 radical (unpaired) electrons. The number of benzene rings is 1. The number of halogens is 1. The predicted molar refractivity (Wildman–Crippen MR) is 128 cm³/mol. The fourth-order valence-electron chi connectivity index (χ4n) is 3.98. The molecule has 1 aliphatic heterocycles. The average Bonchev–Trinajstić information content (AvgIpc) is 3.34. The van der Waals surface area contributed by atoms with Crippen molar-refractivity contribution < 1.29 is 4.21 Å². The number of alkyl halides is 1. The fraction of sp³-hybridized carbons (Fsp3) is 0.550. The smallest absolute Gasteiger partial charge is 0.114 e. The summed E-state index contributed by atoms with van der Waals surface area (Å²) in [6, 6.07) is 7.58. The van der Waals surface area contributed by atoms with E-state index in [0.29, 0.717) is 17.8 Å². The number of hydrogen-bond donors (Lipinski definition) is 2. The Bertz CT molecular complexity index is 873. The number of nitrogens with one attached hydrogen (secondary N) is 2. The van der Waals surface area contributed by atoms with Crippen LogP contribution in [-0.4, -0.2) is 42.8 Å². The van der Waals surface area contributed by atoms with Gasteiger partial charge in [-0.3, -0.25) is 9.20 Å². The molecule has 0 saturated heterocycles. The van der Waals surface area contributed by atoms with E-state index in [1.807, 2.05) is 11.8 Å². The number of anilines is 1. The number of rotatable bonds is 7. The Morgan fingerprint density at radius 1 is 1.33 bits per heavy atom. The molecular weight excluding hydrogens is 489 g/mol. The van der Waals surface area contributed by atoms with E-state index in [0.717, 1.165) is 44.1 Å². The van der Waals surface area contributed by atoms with Crippen LogP contribution in [0.2, 0.25) is 0 Å².